The van der Waals surface area contributed by atoms with Crippen LogP contribution in [0.1, 0.15) is 56.3 Å². The van der Waals surface area contributed by atoms with E-state index in [-0.39, 0.29) is 64.8 Å². The van der Waals surface area contributed by atoms with E-state index >= 15 is 0 Å². The number of ether oxygens (including phenoxy) is 4. The number of para-hydroxylation sites is 1. The molecule has 10 nitrogen and oxygen atoms in total. The molecule has 1 amide bonds. The van der Waals surface area contributed by atoms with Gasteiger partial charge in [0.25, 0.3) is 0 Å². The minimum absolute atomic E-state index is 0. The summed E-state index contributed by atoms with van der Waals surface area (Å²) in [6.07, 6.45) is 2.03. The molecule has 0 radical (unpaired) electrons. The molecule has 238 valence electrons. The van der Waals surface area contributed by atoms with Crippen molar-refractivity contribution in [3.8, 4) is 0 Å². The van der Waals surface area contributed by atoms with Crippen LogP contribution >= 0.6 is 0 Å². The van der Waals surface area contributed by atoms with Crippen molar-refractivity contribution < 1.29 is 60.6 Å². The van der Waals surface area contributed by atoms with Gasteiger partial charge in [0.15, 0.2) is 5.60 Å². The molecule has 5 aliphatic carbocycles. The zero-order valence-corrected chi connectivity index (χ0v) is 27.2. The van der Waals surface area contributed by atoms with Gasteiger partial charge in [-0.3, -0.25) is 4.79 Å². The quantitative estimate of drug-likeness (QED) is 0.242. The molecule has 13 atom stereocenters. The fourth-order valence-electron chi connectivity index (χ4n) is 11.8. The Balaban J connectivity index is 0.00000329. The fourth-order valence-corrected chi connectivity index (χ4v) is 11.8. The maximum Gasteiger partial charge on any atom is 0.341 e. The Labute approximate surface area is 263 Å². The number of quaternary nitrogens is 1. The van der Waals surface area contributed by atoms with E-state index in [9.17, 15) is 19.8 Å². The summed E-state index contributed by atoms with van der Waals surface area (Å²) in [6.45, 7) is 4.99. The van der Waals surface area contributed by atoms with E-state index in [0.29, 0.717) is 49.9 Å². The highest BCUT2D eigenvalue weighted by molar-refractivity contribution is 6.00. The summed E-state index contributed by atoms with van der Waals surface area (Å²) in [5.74, 6) is -1.43. The number of esters is 1. The third-order valence-electron chi connectivity index (χ3n) is 12.8. The number of piperidine rings is 1. The summed E-state index contributed by atoms with van der Waals surface area (Å²) in [5, 5.41) is 28.5. The summed E-state index contributed by atoms with van der Waals surface area (Å²) in [6, 6.07) is 7.00. The van der Waals surface area contributed by atoms with Gasteiger partial charge in [-0.15, -0.1) is 0 Å². The first-order valence-electron chi connectivity index (χ1n) is 15.5. The SMILES string of the molecule is CC[NH+]1C[C@]2(OC(=O)c3ccccc3NC(C)=O)CC[C@H](OC)C34[C@@H]1C(C[C@@H]32)[C@@]1(O)CC(OC)[C@H]2C[C@@H]4C1(O)[C@H]2OC.[Br-]. The number of benzene rings is 1. The highest BCUT2D eigenvalue weighted by Crippen LogP contribution is 2.77. The van der Waals surface area contributed by atoms with Gasteiger partial charge in [-0.05, 0) is 44.7 Å². The Morgan fingerprint density at radius 1 is 1.07 bits per heavy atom. The van der Waals surface area contributed by atoms with Crippen LogP contribution < -0.4 is 27.2 Å². The molecule has 6 aliphatic rings. The Kier molecular flexibility index (Phi) is 7.64. The number of hydrogen-bond donors (Lipinski definition) is 4. The second-order valence-electron chi connectivity index (χ2n) is 13.8. The third kappa shape index (κ3) is 3.67. The molecule has 43 heavy (non-hydrogen) atoms. The topological polar surface area (TPSA) is 128 Å². The summed E-state index contributed by atoms with van der Waals surface area (Å²) in [5.41, 5.74) is -3.45. The van der Waals surface area contributed by atoms with Crippen molar-refractivity contribution in [2.75, 3.05) is 39.7 Å². The lowest BCUT2D eigenvalue weighted by Crippen LogP contribution is -3.22. The van der Waals surface area contributed by atoms with Crippen LogP contribution in [0.15, 0.2) is 24.3 Å². The van der Waals surface area contributed by atoms with Gasteiger partial charge in [0, 0.05) is 58.3 Å². The van der Waals surface area contributed by atoms with Gasteiger partial charge < -0.3 is 56.4 Å². The molecule has 4 N–H and O–H groups in total. The molecular weight excluding hydrogens is 620 g/mol. The summed E-state index contributed by atoms with van der Waals surface area (Å²) < 4.78 is 25.1. The lowest BCUT2D eigenvalue weighted by Gasteiger charge is -2.68. The number of carbonyl (C=O) groups is 2. The van der Waals surface area contributed by atoms with Gasteiger partial charge in [-0.25, -0.2) is 4.79 Å². The van der Waals surface area contributed by atoms with Crippen LogP contribution in [0.4, 0.5) is 5.69 Å². The molecule has 1 spiro atoms. The maximum atomic E-state index is 14.0. The van der Waals surface area contributed by atoms with E-state index in [0.717, 1.165) is 6.54 Å². The second-order valence-corrected chi connectivity index (χ2v) is 13.8. The van der Waals surface area contributed by atoms with E-state index in [1.165, 1.54) is 11.8 Å². The predicted molar refractivity (Wildman–Crippen MR) is 151 cm³/mol. The molecule has 1 aromatic rings. The molecular formula is C32H45BrN2O8. The smallest absolute Gasteiger partial charge is 0.341 e. The van der Waals surface area contributed by atoms with E-state index < -0.39 is 34.3 Å². The molecule has 1 heterocycles. The van der Waals surface area contributed by atoms with Crippen LogP contribution in [0.2, 0.25) is 0 Å². The molecule has 1 saturated heterocycles. The van der Waals surface area contributed by atoms with Gasteiger partial charge in [0.2, 0.25) is 5.91 Å². The van der Waals surface area contributed by atoms with Crippen molar-refractivity contribution in [3.05, 3.63) is 29.8 Å². The predicted octanol–water partition coefficient (Wildman–Crippen LogP) is -2.19. The lowest BCUT2D eigenvalue weighted by molar-refractivity contribution is -0.952. The fraction of sp³-hybridized carbons (Fsp3) is 0.750. The minimum Gasteiger partial charge on any atom is -1.00 e. The van der Waals surface area contributed by atoms with E-state index in [1.54, 1.807) is 45.6 Å². The zero-order chi connectivity index (χ0) is 29.8. The molecule has 5 unspecified atom stereocenters. The van der Waals surface area contributed by atoms with E-state index in [1.807, 2.05) is 0 Å². The number of rotatable bonds is 7. The maximum absolute atomic E-state index is 14.0. The lowest BCUT2D eigenvalue weighted by atomic mass is 9.44. The molecule has 7 rings (SSSR count). The standard InChI is InChI=1S/C32H44N2O8.BrH/c1-6-34-16-29(42-28(36)18-9-7-8-10-21(18)33-17(2)35)12-11-25(40-4)31-23(29)14-20(26(31)34)30(37)15-22(39-3)19-13-24(31)32(30,38)27(19)41-5;/h7-10,19-20,22-27,37-38H,6,11-16H2,1-5H3,(H,33,35);1H/t19-,20?,22?,23-,24+,25+,26+,27+,29-,30+,31?,32?;/m1./s1. The van der Waals surface area contributed by atoms with Crippen LogP contribution in [0.25, 0.3) is 0 Å². The van der Waals surface area contributed by atoms with Crippen LogP contribution in [-0.2, 0) is 23.7 Å². The van der Waals surface area contributed by atoms with Gasteiger partial charge in [0.1, 0.15) is 23.8 Å². The number of carbonyl (C=O) groups excluding carboxylic acids is 2. The summed E-state index contributed by atoms with van der Waals surface area (Å²) >= 11 is 0. The second kappa shape index (κ2) is 10.5. The highest BCUT2D eigenvalue weighted by atomic mass is 79.9. The number of likely N-dealkylation sites (N-methyl/N-ethyl adjacent to an activating group) is 1. The zero-order valence-electron chi connectivity index (χ0n) is 25.6. The van der Waals surface area contributed by atoms with Gasteiger partial charge in [-0.1, -0.05) is 12.1 Å². The third-order valence-corrected chi connectivity index (χ3v) is 12.8. The molecule has 0 aromatic heterocycles. The first-order valence-corrected chi connectivity index (χ1v) is 15.5. The number of nitrogens with one attached hydrogen (secondary N) is 2. The molecule has 6 fully saturated rings. The minimum atomic E-state index is -1.46. The average Bonchev–Trinajstić information content (AvgIpc) is 3.39. The van der Waals surface area contributed by atoms with Gasteiger partial charge >= 0.3 is 5.97 Å². The van der Waals surface area contributed by atoms with Crippen molar-refractivity contribution in [1.29, 1.82) is 0 Å². The number of methoxy groups -OCH3 is 3. The average molecular weight is 666 g/mol. The van der Waals surface area contributed by atoms with Crippen molar-refractivity contribution >= 4 is 17.6 Å². The van der Waals surface area contributed by atoms with Gasteiger partial charge in [0.05, 0.1) is 41.5 Å². The normalized spacial score (nSPS) is 48.3. The Morgan fingerprint density at radius 3 is 2.47 bits per heavy atom. The highest BCUT2D eigenvalue weighted by Gasteiger charge is 2.90. The molecule has 11 heteroatoms. The number of aliphatic hydroxyl groups is 2. The van der Waals surface area contributed by atoms with Crippen molar-refractivity contribution in [1.82, 2.24) is 0 Å². The van der Waals surface area contributed by atoms with Crippen LogP contribution in [-0.4, -0.2) is 97.7 Å². The molecule has 7 bridgehead atoms. The summed E-state index contributed by atoms with van der Waals surface area (Å²) in [4.78, 5) is 27.2. The number of hydrogen-bond acceptors (Lipinski definition) is 8. The monoisotopic (exact) mass is 664 g/mol. The van der Waals surface area contributed by atoms with Crippen molar-refractivity contribution in [2.45, 2.75) is 87.1 Å². The summed E-state index contributed by atoms with van der Waals surface area (Å²) in [7, 11) is 5.07. The largest absolute Gasteiger partial charge is 1.00 e. The Morgan fingerprint density at radius 2 is 1.81 bits per heavy atom. The van der Waals surface area contributed by atoms with E-state index in [4.69, 9.17) is 18.9 Å². The number of fused-ring (bicyclic) bond motifs is 2. The first kappa shape index (κ1) is 31.4. The Bertz CT molecular complexity index is 1300. The number of amides is 1. The molecule has 5 saturated carbocycles. The number of halogens is 1. The van der Waals surface area contributed by atoms with Gasteiger partial charge in [-0.2, -0.15) is 0 Å². The van der Waals surface area contributed by atoms with Crippen LogP contribution in [0.5, 0.6) is 0 Å². The Hall–Kier alpha value is -1.60. The first-order chi connectivity index (χ1) is 20.1. The van der Waals surface area contributed by atoms with Crippen LogP contribution in [0.3, 0.4) is 0 Å². The van der Waals surface area contributed by atoms with Crippen LogP contribution in [0, 0.1) is 29.1 Å². The van der Waals surface area contributed by atoms with E-state index in [2.05, 4.69) is 12.2 Å². The van der Waals surface area contributed by atoms with Crippen molar-refractivity contribution in [3.63, 3.8) is 0 Å². The van der Waals surface area contributed by atoms with Crippen molar-refractivity contribution in [2.24, 2.45) is 29.1 Å². The number of likely N-dealkylation sites (tertiary alicyclic amines) is 1. The molecule has 1 aliphatic heterocycles. The molecule has 1 aromatic carbocycles. The number of anilines is 1.